The molecule has 0 rings (SSSR count). The second-order valence-corrected chi connectivity index (χ2v) is 4.60. The van der Waals surface area contributed by atoms with Crippen LogP contribution in [0.5, 0.6) is 0 Å². The van der Waals surface area contributed by atoms with Crippen molar-refractivity contribution in [2.75, 3.05) is 26.4 Å². The first-order valence-electron chi connectivity index (χ1n) is 5.95. The zero-order valence-electron chi connectivity index (χ0n) is 12.2. The Morgan fingerprint density at radius 2 is 0.462 bits per heavy atom. The van der Waals surface area contributed by atoms with Gasteiger partial charge in [-0.1, -0.05) is 0 Å². The van der Waals surface area contributed by atoms with E-state index in [1.165, 1.54) is 0 Å². The van der Waals surface area contributed by atoms with Crippen LogP contribution in [0, 0.1) is 0 Å². The van der Waals surface area contributed by atoms with Gasteiger partial charge in [-0.3, -0.25) is 0 Å². The smallest absolute Gasteiger partial charge is 0.376 e. The van der Waals surface area contributed by atoms with Crippen molar-refractivity contribution >= 4 is 0 Å². The number of halogens is 12. The zero-order chi connectivity index (χ0) is 21.8. The summed E-state index contributed by atoms with van der Waals surface area (Å²) in [5.41, 5.74) is 0. The van der Waals surface area contributed by atoms with Crippen molar-refractivity contribution in [1.29, 1.82) is 0 Å². The van der Waals surface area contributed by atoms with E-state index in [1.54, 1.807) is 0 Å². The molecule has 0 radical (unpaired) electrons. The van der Waals surface area contributed by atoms with Crippen LogP contribution in [0.2, 0.25) is 0 Å². The fourth-order valence-electron chi connectivity index (χ4n) is 0.932. The molecular weight excluding hydrogens is 412 g/mol. The summed E-state index contributed by atoms with van der Waals surface area (Å²) in [5.74, 6) is -32.6. The van der Waals surface area contributed by atoms with Crippen molar-refractivity contribution in [2.24, 2.45) is 0 Å². The van der Waals surface area contributed by atoms with E-state index >= 15 is 0 Å². The monoisotopic (exact) mass is 424 g/mol. The number of hydrogen-bond donors (Lipinski definition) is 4. The van der Waals surface area contributed by atoms with Gasteiger partial charge in [-0.2, -0.15) is 52.7 Å². The number of aliphatic hydroxyl groups is 4. The van der Waals surface area contributed by atoms with Gasteiger partial charge in [0.15, 0.2) is 0 Å². The molecule has 0 amide bonds. The number of hydrogen-bond acceptors (Lipinski definition) is 4. The van der Waals surface area contributed by atoms with Crippen LogP contribution in [0.4, 0.5) is 52.7 Å². The molecule has 0 aromatic rings. The highest BCUT2D eigenvalue weighted by atomic mass is 19.4. The summed E-state index contributed by atoms with van der Waals surface area (Å²) >= 11 is 0. The average Bonchev–Trinajstić information content (AvgIpc) is 2.54. The maximum Gasteiger partial charge on any atom is 0.376 e. The van der Waals surface area contributed by atoms with E-state index in [1.807, 2.05) is 0 Å². The third-order valence-corrected chi connectivity index (χ3v) is 2.63. The van der Waals surface area contributed by atoms with Crippen LogP contribution in [-0.4, -0.2) is 82.4 Å². The van der Waals surface area contributed by atoms with Gasteiger partial charge in [0.05, 0.1) is 0 Å². The summed E-state index contributed by atoms with van der Waals surface area (Å²) in [7, 11) is 0. The molecule has 0 bridgehead atoms. The second-order valence-electron chi connectivity index (χ2n) is 4.60. The van der Waals surface area contributed by atoms with Crippen LogP contribution in [0.1, 0.15) is 0 Å². The summed E-state index contributed by atoms with van der Waals surface area (Å²) in [6.45, 7) is -9.68. The molecule has 4 nitrogen and oxygen atoms in total. The van der Waals surface area contributed by atoms with Gasteiger partial charge in [0.25, 0.3) is 0 Å². The van der Waals surface area contributed by atoms with E-state index in [2.05, 4.69) is 0 Å². The molecular formula is C10H12F12O4. The minimum Gasteiger partial charge on any atom is -0.390 e. The molecule has 0 atom stereocenters. The van der Waals surface area contributed by atoms with Crippen molar-refractivity contribution in [3.63, 3.8) is 0 Å². The van der Waals surface area contributed by atoms with Gasteiger partial charge < -0.3 is 20.4 Å². The SMILES string of the molecule is OCC(F)(F)C(F)(F)C(F)(F)CO.OCC(F)(F)C(F)(F)C(F)(F)CO. The van der Waals surface area contributed by atoms with Crippen molar-refractivity contribution in [3.05, 3.63) is 0 Å². The summed E-state index contributed by atoms with van der Waals surface area (Å²) in [5, 5.41) is 31.0. The molecule has 26 heavy (non-hydrogen) atoms. The summed E-state index contributed by atoms with van der Waals surface area (Å²) in [4.78, 5) is 0. The maximum atomic E-state index is 12.2. The molecule has 16 heteroatoms. The lowest BCUT2D eigenvalue weighted by molar-refractivity contribution is -0.323. The fourth-order valence-corrected chi connectivity index (χ4v) is 0.932. The second kappa shape index (κ2) is 8.35. The molecule has 0 aliphatic rings. The molecule has 0 aromatic heterocycles. The predicted molar refractivity (Wildman–Crippen MR) is 58.0 cm³/mol. The normalized spacial score (nSPS) is 14.8. The van der Waals surface area contributed by atoms with E-state index in [0.29, 0.717) is 0 Å². The van der Waals surface area contributed by atoms with Gasteiger partial charge in [0.2, 0.25) is 0 Å². The quantitative estimate of drug-likeness (QED) is 0.448. The van der Waals surface area contributed by atoms with Gasteiger partial charge in [-0.25, -0.2) is 0 Å². The van der Waals surface area contributed by atoms with Crippen LogP contribution in [0.25, 0.3) is 0 Å². The van der Waals surface area contributed by atoms with E-state index < -0.39 is 62.0 Å². The molecule has 0 saturated carbocycles. The Morgan fingerprint density at radius 1 is 0.346 bits per heavy atom. The lowest BCUT2D eigenvalue weighted by Gasteiger charge is -2.30. The van der Waals surface area contributed by atoms with Gasteiger partial charge in [-0.15, -0.1) is 0 Å². The molecule has 0 heterocycles. The number of rotatable bonds is 8. The summed E-state index contributed by atoms with van der Waals surface area (Å²) in [6.07, 6.45) is 0. The van der Waals surface area contributed by atoms with Gasteiger partial charge in [-0.05, 0) is 0 Å². The highest BCUT2D eigenvalue weighted by Crippen LogP contribution is 2.45. The Morgan fingerprint density at radius 3 is 0.538 bits per heavy atom. The van der Waals surface area contributed by atoms with Crippen molar-refractivity contribution < 1.29 is 73.1 Å². The molecule has 0 fully saturated rings. The molecule has 0 unspecified atom stereocenters. The van der Waals surface area contributed by atoms with E-state index in [4.69, 9.17) is 20.4 Å². The molecule has 0 spiro atoms. The Kier molecular flexibility index (Phi) is 8.74. The predicted octanol–water partition coefficient (Wildman–Crippen LogP) is 1.75. The Labute approximate surface area is 136 Å². The Bertz CT molecular complexity index is 364. The molecule has 0 aliphatic heterocycles. The standard InChI is InChI=1S/2C5H6F6O2/c2*6-3(7,1-12)5(10,11)4(8,9)2-13/h2*12-13H,1-2H2. The van der Waals surface area contributed by atoms with Crippen molar-refractivity contribution in [1.82, 2.24) is 0 Å². The molecule has 0 saturated heterocycles. The summed E-state index contributed by atoms with van der Waals surface area (Å²) in [6, 6.07) is 0. The maximum absolute atomic E-state index is 12.2. The van der Waals surface area contributed by atoms with Crippen molar-refractivity contribution in [3.8, 4) is 0 Å². The highest BCUT2D eigenvalue weighted by Gasteiger charge is 2.71. The zero-order valence-corrected chi connectivity index (χ0v) is 12.2. The van der Waals surface area contributed by atoms with Crippen LogP contribution in [-0.2, 0) is 0 Å². The molecule has 4 N–H and O–H groups in total. The van der Waals surface area contributed by atoms with Crippen LogP contribution in [0.15, 0.2) is 0 Å². The first-order chi connectivity index (χ1) is 11.2. The van der Waals surface area contributed by atoms with Crippen LogP contribution < -0.4 is 0 Å². The number of alkyl halides is 12. The largest absolute Gasteiger partial charge is 0.390 e. The first-order valence-corrected chi connectivity index (χ1v) is 5.95. The Hall–Kier alpha value is -1.00. The fraction of sp³-hybridized carbons (Fsp3) is 1.00. The van der Waals surface area contributed by atoms with Gasteiger partial charge >= 0.3 is 35.5 Å². The van der Waals surface area contributed by atoms with Gasteiger partial charge in [0.1, 0.15) is 26.4 Å². The molecule has 0 aliphatic carbocycles. The summed E-state index contributed by atoms with van der Waals surface area (Å²) < 4.78 is 145. The van der Waals surface area contributed by atoms with Crippen LogP contribution >= 0.6 is 0 Å². The minimum atomic E-state index is -5.77. The van der Waals surface area contributed by atoms with E-state index in [9.17, 15) is 52.7 Å². The van der Waals surface area contributed by atoms with Gasteiger partial charge in [0, 0.05) is 0 Å². The molecule has 0 aromatic carbocycles. The van der Waals surface area contributed by atoms with E-state index in [-0.39, 0.29) is 0 Å². The highest BCUT2D eigenvalue weighted by molar-refractivity contribution is 4.96. The lowest BCUT2D eigenvalue weighted by Crippen LogP contribution is -2.57. The third kappa shape index (κ3) is 5.04. The topological polar surface area (TPSA) is 80.9 Å². The first kappa shape index (κ1) is 27.2. The average molecular weight is 424 g/mol. The van der Waals surface area contributed by atoms with E-state index in [0.717, 1.165) is 0 Å². The van der Waals surface area contributed by atoms with Crippen LogP contribution in [0.3, 0.4) is 0 Å². The molecule has 160 valence electrons. The minimum absolute atomic E-state index is 2.42. The van der Waals surface area contributed by atoms with Crippen molar-refractivity contribution in [2.45, 2.75) is 35.5 Å². The number of aliphatic hydroxyl groups excluding tert-OH is 4. The Balaban J connectivity index is 0. The third-order valence-electron chi connectivity index (χ3n) is 2.63. The lowest BCUT2D eigenvalue weighted by atomic mass is 10.1.